The molecule has 1 fully saturated rings. The summed E-state index contributed by atoms with van der Waals surface area (Å²) < 4.78 is 5.34. The molecule has 0 saturated carbocycles. The van der Waals surface area contributed by atoms with Gasteiger partial charge in [0.1, 0.15) is 0 Å². The Hall–Kier alpha value is -1.39. The van der Waals surface area contributed by atoms with Crippen LogP contribution in [0.4, 0.5) is 0 Å². The maximum absolute atomic E-state index is 12.6. The van der Waals surface area contributed by atoms with Gasteiger partial charge in [0.15, 0.2) is 0 Å². The van der Waals surface area contributed by atoms with Gasteiger partial charge in [-0.05, 0) is 48.3 Å². The van der Waals surface area contributed by atoms with Gasteiger partial charge < -0.3 is 15.4 Å². The molecular weight excluding hydrogens is 288 g/mol. The van der Waals surface area contributed by atoms with Crippen molar-refractivity contribution in [3.05, 3.63) is 34.9 Å². The molecule has 1 heterocycles. The van der Waals surface area contributed by atoms with Crippen molar-refractivity contribution in [3.8, 4) is 0 Å². The van der Waals surface area contributed by atoms with Crippen LogP contribution in [0.5, 0.6) is 0 Å². The van der Waals surface area contributed by atoms with Crippen molar-refractivity contribution in [2.75, 3.05) is 13.7 Å². The van der Waals surface area contributed by atoms with Crippen LogP contribution in [0.1, 0.15) is 61.8 Å². The van der Waals surface area contributed by atoms with Gasteiger partial charge in [-0.25, -0.2) is 0 Å². The van der Waals surface area contributed by atoms with E-state index in [0.29, 0.717) is 5.92 Å². The zero-order valence-corrected chi connectivity index (χ0v) is 14.4. The summed E-state index contributed by atoms with van der Waals surface area (Å²) in [6, 6.07) is 6.80. The van der Waals surface area contributed by atoms with Crippen LogP contribution in [0.3, 0.4) is 0 Å². The maximum atomic E-state index is 12.6. The van der Waals surface area contributed by atoms with Gasteiger partial charge in [0.2, 0.25) is 5.91 Å². The highest BCUT2D eigenvalue weighted by Gasteiger charge is 2.31. The first kappa shape index (κ1) is 16.5. The second-order valence-corrected chi connectivity index (χ2v) is 7.12. The third-order valence-corrected chi connectivity index (χ3v) is 5.21. The zero-order valence-electron chi connectivity index (χ0n) is 14.4. The minimum atomic E-state index is -0.126. The molecule has 0 unspecified atom stereocenters. The van der Waals surface area contributed by atoms with Crippen LogP contribution in [0.15, 0.2) is 18.2 Å². The van der Waals surface area contributed by atoms with Crippen LogP contribution in [0.25, 0.3) is 0 Å². The summed E-state index contributed by atoms with van der Waals surface area (Å²) in [5.41, 5.74) is 4.06. The molecule has 1 saturated heterocycles. The predicted octanol–water partition coefficient (Wildman–Crippen LogP) is 2.68. The lowest BCUT2D eigenvalue weighted by molar-refractivity contribution is -0.123. The van der Waals surface area contributed by atoms with Crippen LogP contribution in [0, 0.1) is 0 Å². The molecule has 126 valence electrons. The third-order valence-electron chi connectivity index (χ3n) is 5.21. The molecule has 0 radical (unpaired) electrons. The van der Waals surface area contributed by atoms with E-state index >= 15 is 0 Å². The number of methoxy groups -OCH3 is 1. The maximum Gasteiger partial charge on any atom is 0.237 e. The number of fused-ring (bicyclic) bond motifs is 1. The number of ether oxygens (including phenoxy) is 1. The Kier molecular flexibility index (Phi) is 5.02. The number of benzene rings is 1. The molecule has 1 aliphatic heterocycles. The standard InChI is InChI=1S/C19H28N2O2/c1-12(2)14-8-7-13-5-4-6-17(16(13)9-14)21-19(22)18-10-15(23-3)11-20-18/h7-9,12,15,17-18,20H,4-6,10-11H2,1-3H3,(H,21,22)/t15-,17+,18+/m0/s1. The fourth-order valence-corrected chi connectivity index (χ4v) is 3.68. The SMILES string of the molecule is CO[C@@H]1CN[C@@H](C(=O)N[C@@H]2CCCc3ccc(C(C)C)cc32)C1. The highest BCUT2D eigenvalue weighted by molar-refractivity contribution is 5.82. The molecule has 1 amide bonds. The van der Waals surface area contributed by atoms with Crippen LogP contribution in [0.2, 0.25) is 0 Å². The van der Waals surface area contributed by atoms with Gasteiger partial charge in [-0.3, -0.25) is 4.79 Å². The number of hydrogen-bond donors (Lipinski definition) is 2. The average Bonchev–Trinajstić information content (AvgIpc) is 3.04. The van der Waals surface area contributed by atoms with Crippen molar-refractivity contribution in [2.45, 2.75) is 63.6 Å². The Labute approximate surface area is 139 Å². The summed E-state index contributed by atoms with van der Waals surface area (Å²) in [5, 5.41) is 6.53. The smallest absolute Gasteiger partial charge is 0.237 e. The second-order valence-electron chi connectivity index (χ2n) is 7.12. The molecule has 0 aromatic heterocycles. The van der Waals surface area contributed by atoms with Crippen LogP contribution in [-0.4, -0.2) is 31.7 Å². The summed E-state index contributed by atoms with van der Waals surface area (Å²) in [5.74, 6) is 0.620. The molecule has 23 heavy (non-hydrogen) atoms. The molecule has 1 aromatic carbocycles. The number of nitrogens with one attached hydrogen (secondary N) is 2. The number of amides is 1. The Bertz CT molecular complexity index is 570. The van der Waals surface area contributed by atoms with Crippen molar-refractivity contribution in [1.82, 2.24) is 10.6 Å². The van der Waals surface area contributed by atoms with Crippen LogP contribution in [-0.2, 0) is 16.0 Å². The van der Waals surface area contributed by atoms with E-state index in [2.05, 4.69) is 42.7 Å². The molecule has 4 heteroatoms. The second kappa shape index (κ2) is 7.02. The van der Waals surface area contributed by atoms with Gasteiger partial charge in [-0.2, -0.15) is 0 Å². The molecule has 2 aliphatic rings. The Morgan fingerprint density at radius 1 is 1.39 bits per heavy atom. The predicted molar refractivity (Wildman–Crippen MR) is 91.6 cm³/mol. The molecule has 0 bridgehead atoms. The van der Waals surface area contributed by atoms with E-state index in [1.54, 1.807) is 7.11 Å². The lowest BCUT2D eigenvalue weighted by atomic mass is 9.85. The number of carbonyl (C=O) groups excluding carboxylic acids is 1. The summed E-state index contributed by atoms with van der Waals surface area (Å²) in [4.78, 5) is 12.6. The number of aryl methyl sites for hydroxylation is 1. The summed E-state index contributed by atoms with van der Waals surface area (Å²) in [7, 11) is 1.71. The molecule has 4 nitrogen and oxygen atoms in total. The lowest BCUT2D eigenvalue weighted by Gasteiger charge is -2.28. The highest BCUT2D eigenvalue weighted by Crippen LogP contribution is 2.32. The van der Waals surface area contributed by atoms with Gasteiger partial charge in [-0.15, -0.1) is 0 Å². The van der Waals surface area contributed by atoms with Gasteiger partial charge in [-0.1, -0.05) is 32.0 Å². The number of carbonyl (C=O) groups is 1. The highest BCUT2D eigenvalue weighted by atomic mass is 16.5. The first-order valence-electron chi connectivity index (χ1n) is 8.77. The van der Waals surface area contributed by atoms with Crippen molar-refractivity contribution >= 4 is 5.91 Å². The van der Waals surface area contributed by atoms with Crippen molar-refractivity contribution < 1.29 is 9.53 Å². The van der Waals surface area contributed by atoms with E-state index in [1.807, 2.05) is 0 Å². The quantitative estimate of drug-likeness (QED) is 0.898. The lowest BCUT2D eigenvalue weighted by Crippen LogP contribution is -2.42. The minimum absolute atomic E-state index is 0.109. The van der Waals surface area contributed by atoms with E-state index in [0.717, 1.165) is 32.2 Å². The average molecular weight is 316 g/mol. The number of hydrogen-bond acceptors (Lipinski definition) is 3. The van der Waals surface area contributed by atoms with E-state index in [-0.39, 0.29) is 24.1 Å². The largest absolute Gasteiger partial charge is 0.380 e. The van der Waals surface area contributed by atoms with E-state index in [9.17, 15) is 4.79 Å². The Balaban J connectivity index is 1.72. The monoisotopic (exact) mass is 316 g/mol. The first-order valence-corrected chi connectivity index (χ1v) is 8.77. The molecule has 0 spiro atoms. The zero-order chi connectivity index (χ0) is 16.4. The molecule has 1 aromatic rings. The topological polar surface area (TPSA) is 50.4 Å². The molecule has 2 N–H and O–H groups in total. The molecule has 3 atom stereocenters. The van der Waals surface area contributed by atoms with E-state index < -0.39 is 0 Å². The van der Waals surface area contributed by atoms with Gasteiger partial charge in [0.25, 0.3) is 0 Å². The summed E-state index contributed by atoms with van der Waals surface area (Å²) in [6.45, 7) is 5.18. The van der Waals surface area contributed by atoms with Crippen LogP contribution >= 0.6 is 0 Å². The fraction of sp³-hybridized carbons (Fsp3) is 0.632. The van der Waals surface area contributed by atoms with E-state index in [4.69, 9.17) is 4.74 Å². The molecule has 1 aliphatic carbocycles. The first-order chi connectivity index (χ1) is 11.1. The Morgan fingerprint density at radius 3 is 2.91 bits per heavy atom. The van der Waals surface area contributed by atoms with Crippen molar-refractivity contribution in [2.24, 2.45) is 0 Å². The molecular formula is C19H28N2O2. The van der Waals surface area contributed by atoms with Crippen molar-refractivity contribution in [3.63, 3.8) is 0 Å². The van der Waals surface area contributed by atoms with Gasteiger partial charge >= 0.3 is 0 Å². The molecule has 3 rings (SSSR count). The van der Waals surface area contributed by atoms with Gasteiger partial charge in [0, 0.05) is 13.7 Å². The number of rotatable bonds is 4. The summed E-state index contributed by atoms with van der Waals surface area (Å²) >= 11 is 0. The Morgan fingerprint density at radius 2 is 2.22 bits per heavy atom. The van der Waals surface area contributed by atoms with E-state index in [1.165, 1.54) is 16.7 Å². The van der Waals surface area contributed by atoms with Gasteiger partial charge in [0.05, 0.1) is 18.2 Å². The van der Waals surface area contributed by atoms with Crippen molar-refractivity contribution in [1.29, 1.82) is 0 Å². The van der Waals surface area contributed by atoms with Crippen LogP contribution < -0.4 is 10.6 Å². The summed E-state index contributed by atoms with van der Waals surface area (Å²) in [6.07, 6.45) is 4.19. The normalized spacial score (nSPS) is 27.0. The fourth-order valence-electron chi connectivity index (χ4n) is 3.68. The minimum Gasteiger partial charge on any atom is -0.380 e. The third kappa shape index (κ3) is 3.59.